The van der Waals surface area contributed by atoms with Gasteiger partial charge in [-0.15, -0.1) is 0 Å². The summed E-state index contributed by atoms with van der Waals surface area (Å²) in [5, 5.41) is 10.4. The van der Waals surface area contributed by atoms with Crippen molar-refractivity contribution in [3.05, 3.63) is 92.8 Å². The second-order valence-electron chi connectivity index (χ2n) is 7.90. The molecule has 0 aliphatic carbocycles. The van der Waals surface area contributed by atoms with Crippen molar-refractivity contribution in [1.82, 2.24) is 0 Å². The quantitative estimate of drug-likeness (QED) is 0.288. The maximum absolute atomic E-state index is 12.6. The number of methoxy groups -OCH3 is 1. The van der Waals surface area contributed by atoms with Crippen LogP contribution in [0.4, 0.5) is 0 Å². The Kier molecular flexibility index (Phi) is 7.58. The molecule has 0 bridgehead atoms. The van der Waals surface area contributed by atoms with E-state index in [0.29, 0.717) is 34.4 Å². The predicted molar refractivity (Wildman–Crippen MR) is 136 cm³/mol. The van der Waals surface area contributed by atoms with Crippen LogP contribution in [0.25, 0.3) is 0 Å². The van der Waals surface area contributed by atoms with E-state index in [-0.39, 0.29) is 27.8 Å². The van der Waals surface area contributed by atoms with Crippen LogP contribution >= 0.6 is 23.2 Å². The molecule has 2 N–H and O–H groups in total. The number of esters is 1. The highest BCUT2D eigenvalue weighted by Crippen LogP contribution is 2.45. The molecule has 1 aliphatic heterocycles. The molecular weight excluding hydrogens is 503 g/mol. The smallest absolute Gasteiger partial charge is 0.343 e. The van der Waals surface area contributed by atoms with Gasteiger partial charge in [0.15, 0.2) is 11.5 Å². The van der Waals surface area contributed by atoms with Crippen molar-refractivity contribution < 1.29 is 23.7 Å². The van der Waals surface area contributed by atoms with Gasteiger partial charge in [0.1, 0.15) is 23.1 Å². The third kappa shape index (κ3) is 5.06. The zero-order chi connectivity index (χ0) is 25.8. The number of rotatable bonds is 7. The SMILES string of the molecule is CCCOc1ccc(C2C(C#N)=C(N)Oc3cc(OC(=O)c4ccc(Cl)c(Cl)c4)ccc32)cc1OC. The van der Waals surface area contributed by atoms with Crippen LogP contribution in [0, 0.1) is 11.3 Å². The second kappa shape index (κ2) is 10.8. The Morgan fingerprint density at radius 1 is 1.08 bits per heavy atom. The number of hydrogen-bond donors (Lipinski definition) is 1. The molecule has 1 atom stereocenters. The second-order valence-corrected chi connectivity index (χ2v) is 8.72. The fourth-order valence-corrected chi connectivity index (χ4v) is 4.12. The average molecular weight is 525 g/mol. The Balaban J connectivity index is 1.68. The van der Waals surface area contributed by atoms with Crippen molar-refractivity contribution in [3.8, 4) is 29.1 Å². The molecule has 7 nitrogen and oxygen atoms in total. The van der Waals surface area contributed by atoms with Gasteiger partial charge in [0.05, 0.1) is 35.2 Å². The van der Waals surface area contributed by atoms with E-state index in [2.05, 4.69) is 6.07 Å². The molecule has 0 saturated heterocycles. The summed E-state index contributed by atoms with van der Waals surface area (Å²) >= 11 is 11.9. The standard InChI is InChI=1S/C27H22Cl2N2O5/c1-3-10-34-22-9-5-15(12-24(22)33-2)25-18-7-6-17(13-23(18)36-26(31)19(25)14-30)35-27(32)16-4-8-20(28)21(29)11-16/h4-9,11-13,25H,3,10,31H2,1-2H3. The summed E-state index contributed by atoms with van der Waals surface area (Å²) in [6.07, 6.45) is 0.855. The monoisotopic (exact) mass is 524 g/mol. The fourth-order valence-electron chi connectivity index (χ4n) is 3.83. The van der Waals surface area contributed by atoms with E-state index in [4.69, 9.17) is 47.9 Å². The van der Waals surface area contributed by atoms with Crippen LogP contribution in [-0.4, -0.2) is 19.7 Å². The highest BCUT2D eigenvalue weighted by atomic mass is 35.5. The number of nitriles is 1. The summed E-state index contributed by atoms with van der Waals surface area (Å²) in [5.41, 5.74) is 8.06. The molecule has 0 radical (unpaired) electrons. The Morgan fingerprint density at radius 2 is 1.89 bits per heavy atom. The number of ether oxygens (including phenoxy) is 4. The Bertz CT molecular complexity index is 1400. The van der Waals surface area contributed by atoms with E-state index in [1.165, 1.54) is 18.2 Å². The van der Waals surface area contributed by atoms with E-state index in [9.17, 15) is 10.1 Å². The number of carbonyl (C=O) groups excluding carboxylic acids is 1. The van der Waals surface area contributed by atoms with Crippen molar-refractivity contribution >= 4 is 29.2 Å². The minimum Gasteiger partial charge on any atom is -0.493 e. The molecule has 3 aromatic carbocycles. The molecule has 1 unspecified atom stereocenters. The van der Waals surface area contributed by atoms with Gasteiger partial charge in [-0.2, -0.15) is 5.26 Å². The van der Waals surface area contributed by atoms with Gasteiger partial charge in [0, 0.05) is 11.6 Å². The van der Waals surface area contributed by atoms with Crippen molar-refractivity contribution in [2.24, 2.45) is 5.73 Å². The van der Waals surface area contributed by atoms with Crippen molar-refractivity contribution in [2.45, 2.75) is 19.3 Å². The largest absolute Gasteiger partial charge is 0.493 e. The van der Waals surface area contributed by atoms with E-state index >= 15 is 0 Å². The number of hydrogen-bond acceptors (Lipinski definition) is 7. The van der Waals surface area contributed by atoms with Gasteiger partial charge in [-0.3, -0.25) is 0 Å². The number of nitrogens with zero attached hydrogens (tertiary/aromatic N) is 1. The van der Waals surface area contributed by atoms with Gasteiger partial charge >= 0.3 is 5.97 Å². The number of allylic oxidation sites excluding steroid dienone is 1. The maximum atomic E-state index is 12.6. The van der Waals surface area contributed by atoms with Crippen LogP contribution in [0.15, 0.2) is 66.1 Å². The Morgan fingerprint density at radius 3 is 2.58 bits per heavy atom. The predicted octanol–water partition coefficient (Wildman–Crippen LogP) is 6.23. The van der Waals surface area contributed by atoms with Gasteiger partial charge in [-0.1, -0.05) is 42.3 Å². The van der Waals surface area contributed by atoms with Gasteiger partial charge in [-0.25, -0.2) is 4.79 Å². The zero-order valence-corrected chi connectivity index (χ0v) is 21.0. The van der Waals surface area contributed by atoms with E-state index < -0.39 is 11.9 Å². The first kappa shape index (κ1) is 25.2. The number of carbonyl (C=O) groups is 1. The lowest BCUT2D eigenvalue weighted by Gasteiger charge is -2.27. The van der Waals surface area contributed by atoms with E-state index in [1.807, 2.05) is 19.1 Å². The molecule has 0 amide bonds. The summed E-state index contributed by atoms with van der Waals surface area (Å²) in [6.45, 7) is 2.57. The highest BCUT2D eigenvalue weighted by Gasteiger charge is 2.32. The first-order valence-corrected chi connectivity index (χ1v) is 11.8. The molecule has 184 valence electrons. The number of halogens is 2. The third-order valence-electron chi connectivity index (χ3n) is 5.54. The summed E-state index contributed by atoms with van der Waals surface area (Å²) in [7, 11) is 1.56. The van der Waals surface area contributed by atoms with Crippen LogP contribution in [0.2, 0.25) is 10.0 Å². The number of nitrogens with two attached hydrogens (primary N) is 1. The van der Waals surface area contributed by atoms with Crippen molar-refractivity contribution in [3.63, 3.8) is 0 Å². The lowest BCUT2D eigenvalue weighted by atomic mass is 9.83. The van der Waals surface area contributed by atoms with Crippen LogP contribution in [0.3, 0.4) is 0 Å². The van der Waals surface area contributed by atoms with E-state index in [1.54, 1.807) is 31.4 Å². The Labute approximate surface area is 218 Å². The maximum Gasteiger partial charge on any atom is 0.343 e. The Hall–Kier alpha value is -3.86. The minimum atomic E-state index is -0.616. The molecule has 36 heavy (non-hydrogen) atoms. The minimum absolute atomic E-state index is 0.0340. The van der Waals surface area contributed by atoms with Gasteiger partial charge in [-0.05, 0) is 48.4 Å². The van der Waals surface area contributed by atoms with Gasteiger partial charge < -0.3 is 24.7 Å². The first-order valence-electron chi connectivity index (χ1n) is 11.1. The molecule has 9 heteroatoms. The van der Waals surface area contributed by atoms with Crippen LogP contribution < -0.4 is 24.7 Å². The summed E-state index contributed by atoms with van der Waals surface area (Å²) in [4.78, 5) is 12.6. The zero-order valence-electron chi connectivity index (χ0n) is 19.5. The molecule has 3 aromatic rings. The van der Waals surface area contributed by atoms with E-state index in [0.717, 1.165) is 12.0 Å². The first-order chi connectivity index (χ1) is 17.4. The highest BCUT2D eigenvalue weighted by molar-refractivity contribution is 6.42. The summed E-state index contributed by atoms with van der Waals surface area (Å²) in [5.74, 6) is 0.571. The molecule has 0 aromatic heterocycles. The third-order valence-corrected chi connectivity index (χ3v) is 6.28. The molecule has 0 saturated carbocycles. The lowest BCUT2D eigenvalue weighted by Crippen LogP contribution is -2.21. The molecular formula is C27H22Cl2N2O5. The van der Waals surface area contributed by atoms with Crippen LogP contribution in [-0.2, 0) is 0 Å². The lowest BCUT2D eigenvalue weighted by molar-refractivity contribution is 0.0734. The number of fused-ring (bicyclic) bond motifs is 1. The number of benzene rings is 3. The average Bonchev–Trinajstić information content (AvgIpc) is 2.88. The molecule has 4 rings (SSSR count). The molecule has 0 spiro atoms. The van der Waals surface area contributed by atoms with Crippen LogP contribution in [0.1, 0.15) is 40.7 Å². The summed E-state index contributed by atoms with van der Waals surface area (Å²) in [6, 6.07) is 17.0. The molecule has 0 fully saturated rings. The van der Waals surface area contributed by atoms with Crippen LogP contribution in [0.5, 0.6) is 23.0 Å². The van der Waals surface area contributed by atoms with Crippen molar-refractivity contribution in [1.29, 1.82) is 5.26 Å². The van der Waals surface area contributed by atoms with Gasteiger partial charge in [0.2, 0.25) is 5.88 Å². The fraction of sp³-hybridized carbons (Fsp3) is 0.185. The van der Waals surface area contributed by atoms with Gasteiger partial charge in [0.25, 0.3) is 0 Å². The molecule has 1 aliphatic rings. The van der Waals surface area contributed by atoms with Crippen molar-refractivity contribution in [2.75, 3.05) is 13.7 Å². The normalized spacial score (nSPS) is 14.4. The summed E-state index contributed by atoms with van der Waals surface area (Å²) < 4.78 is 22.5. The molecule has 1 heterocycles. The topological polar surface area (TPSA) is 104 Å².